The molecule has 27 heavy (non-hydrogen) atoms. The maximum Gasteiger partial charge on any atom is 0.274 e. The molecule has 5 rings (SSSR count). The van der Waals surface area contributed by atoms with Crippen LogP contribution in [0, 0.1) is 0 Å². The second-order valence-electron chi connectivity index (χ2n) is 6.66. The molecule has 0 saturated carbocycles. The van der Waals surface area contributed by atoms with E-state index in [0.29, 0.717) is 24.6 Å². The Bertz CT molecular complexity index is 1100. The van der Waals surface area contributed by atoms with Crippen LogP contribution < -0.4 is 0 Å². The monoisotopic (exact) mass is 359 g/mol. The predicted molar refractivity (Wildman–Crippen MR) is 97.9 cm³/mol. The number of rotatable bonds is 2. The van der Waals surface area contributed by atoms with Crippen LogP contribution in [0.4, 0.5) is 0 Å². The van der Waals surface area contributed by atoms with Gasteiger partial charge in [-0.1, -0.05) is 30.3 Å². The van der Waals surface area contributed by atoms with Crippen LogP contribution in [0.1, 0.15) is 29.3 Å². The van der Waals surface area contributed by atoms with Crippen molar-refractivity contribution in [2.24, 2.45) is 0 Å². The maximum absolute atomic E-state index is 13.0. The average Bonchev–Trinajstić information content (AvgIpc) is 3.32. The third kappa shape index (κ3) is 2.57. The van der Waals surface area contributed by atoms with Gasteiger partial charge in [0.2, 0.25) is 5.78 Å². The molecule has 1 aliphatic rings. The lowest BCUT2D eigenvalue weighted by atomic mass is 10.1. The molecule has 3 aromatic heterocycles. The van der Waals surface area contributed by atoms with Gasteiger partial charge in [-0.15, -0.1) is 10.2 Å². The summed E-state index contributed by atoms with van der Waals surface area (Å²) in [6.07, 6.45) is 5.20. The van der Waals surface area contributed by atoms with Crippen molar-refractivity contribution in [1.29, 1.82) is 0 Å². The number of aromatic nitrogens is 6. The quantitative estimate of drug-likeness (QED) is 0.548. The van der Waals surface area contributed by atoms with E-state index in [2.05, 4.69) is 31.7 Å². The van der Waals surface area contributed by atoms with E-state index in [0.717, 1.165) is 17.2 Å². The number of imidazole rings is 1. The number of fused-ring (bicyclic) bond motifs is 2. The van der Waals surface area contributed by atoms with Gasteiger partial charge in [0.25, 0.3) is 5.91 Å². The van der Waals surface area contributed by atoms with Crippen LogP contribution in [0.2, 0.25) is 0 Å². The SMILES string of the molecule is C[C@H]1CN(C(=O)c2cn3cccnc3n2)Cc2nnc(-c3ccccc3)n21. The van der Waals surface area contributed by atoms with Gasteiger partial charge in [-0.05, 0) is 13.0 Å². The zero-order valence-corrected chi connectivity index (χ0v) is 14.7. The summed E-state index contributed by atoms with van der Waals surface area (Å²) in [5, 5.41) is 8.70. The van der Waals surface area contributed by atoms with Crippen LogP contribution in [0.3, 0.4) is 0 Å². The van der Waals surface area contributed by atoms with E-state index in [1.54, 1.807) is 27.8 Å². The zero-order valence-electron chi connectivity index (χ0n) is 14.7. The second-order valence-corrected chi connectivity index (χ2v) is 6.66. The summed E-state index contributed by atoms with van der Waals surface area (Å²) in [6, 6.07) is 11.9. The number of hydrogen-bond acceptors (Lipinski definition) is 5. The number of carbonyl (C=O) groups excluding carboxylic acids is 1. The summed E-state index contributed by atoms with van der Waals surface area (Å²) in [5.74, 6) is 2.01. The van der Waals surface area contributed by atoms with Gasteiger partial charge in [0, 0.05) is 30.7 Å². The van der Waals surface area contributed by atoms with Gasteiger partial charge >= 0.3 is 0 Å². The fourth-order valence-corrected chi connectivity index (χ4v) is 3.56. The Kier molecular flexibility index (Phi) is 3.49. The molecule has 134 valence electrons. The molecule has 1 atom stereocenters. The molecule has 0 unspecified atom stereocenters. The van der Waals surface area contributed by atoms with E-state index < -0.39 is 0 Å². The molecule has 0 saturated heterocycles. The molecular formula is C19H17N7O. The maximum atomic E-state index is 13.0. The Hall–Kier alpha value is -3.55. The molecule has 0 spiro atoms. The Labute approximate surface area is 155 Å². The fourth-order valence-electron chi connectivity index (χ4n) is 3.56. The van der Waals surface area contributed by atoms with Crippen LogP contribution in [0.25, 0.3) is 17.2 Å². The normalized spacial score (nSPS) is 16.5. The van der Waals surface area contributed by atoms with Gasteiger partial charge in [0.1, 0.15) is 5.69 Å². The van der Waals surface area contributed by atoms with Crippen LogP contribution in [-0.4, -0.2) is 46.5 Å². The van der Waals surface area contributed by atoms with Crippen molar-refractivity contribution in [2.45, 2.75) is 19.5 Å². The summed E-state index contributed by atoms with van der Waals surface area (Å²) in [6.45, 7) is 3.05. The first kappa shape index (κ1) is 15.7. The summed E-state index contributed by atoms with van der Waals surface area (Å²) in [7, 11) is 0. The van der Waals surface area contributed by atoms with E-state index >= 15 is 0 Å². The topological polar surface area (TPSA) is 81.2 Å². The van der Waals surface area contributed by atoms with Gasteiger partial charge in [-0.3, -0.25) is 9.20 Å². The first-order valence-electron chi connectivity index (χ1n) is 8.79. The lowest BCUT2D eigenvalue weighted by molar-refractivity contribution is 0.0677. The third-order valence-corrected chi connectivity index (χ3v) is 4.80. The molecule has 0 fully saturated rings. The number of nitrogens with zero attached hydrogens (tertiary/aromatic N) is 7. The van der Waals surface area contributed by atoms with Crippen molar-refractivity contribution < 1.29 is 4.79 Å². The molecule has 1 aromatic carbocycles. The van der Waals surface area contributed by atoms with Crippen molar-refractivity contribution in [3.8, 4) is 11.4 Å². The first-order valence-corrected chi connectivity index (χ1v) is 8.79. The summed E-state index contributed by atoms with van der Waals surface area (Å²) in [4.78, 5) is 23.2. The molecule has 0 bridgehead atoms. The molecule has 1 aliphatic heterocycles. The molecule has 1 amide bonds. The van der Waals surface area contributed by atoms with E-state index in [9.17, 15) is 4.79 Å². The number of amides is 1. The van der Waals surface area contributed by atoms with Gasteiger partial charge in [-0.25, -0.2) is 9.97 Å². The summed E-state index contributed by atoms with van der Waals surface area (Å²) < 4.78 is 3.86. The van der Waals surface area contributed by atoms with Crippen molar-refractivity contribution in [2.75, 3.05) is 6.54 Å². The molecule has 8 heteroatoms. The number of hydrogen-bond donors (Lipinski definition) is 0. The predicted octanol–water partition coefficient (Wildman–Crippen LogP) is 2.20. The minimum Gasteiger partial charge on any atom is -0.328 e. The van der Waals surface area contributed by atoms with E-state index in [4.69, 9.17) is 0 Å². The Balaban J connectivity index is 1.46. The minimum atomic E-state index is -0.122. The Morgan fingerprint density at radius 2 is 2.00 bits per heavy atom. The van der Waals surface area contributed by atoms with E-state index in [-0.39, 0.29) is 11.9 Å². The fraction of sp³-hybridized carbons (Fsp3) is 0.211. The molecule has 4 heterocycles. The first-order chi connectivity index (χ1) is 13.2. The second kappa shape index (κ2) is 6.01. The molecule has 0 radical (unpaired) electrons. The van der Waals surface area contributed by atoms with Crippen molar-refractivity contribution in [1.82, 2.24) is 34.0 Å². The van der Waals surface area contributed by atoms with Crippen LogP contribution >= 0.6 is 0 Å². The highest BCUT2D eigenvalue weighted by atomic mass is 16.2. The van der Waals surface area contributed by atoms with Crippen molar-refractivity contribution in [3.63, 3.8) is 0 Å². The van der Waals surface area contributed by atoms with Gasteiger partial charge in [0.15, 0.2) is 11.6 Å². The lowest BCUT2D eigenvalue weighted by Gasteiger charge is -2.32. The van der Waals surface area contributed by atoms with E-state index in [1.807, 2.05) is 36.5 Å². The van der Waals surface area contributed by atoms with Crippen LogP contribution in [-0.2, 0) is 6.54 Å². The summed E-state index contributed by atoms with van der Waals surface area (Å²) >= 11 is 0. The van der Waals surface area contributed by atoms with Crippen molar-refractivity contribution >= 4 is 11.7 Å². The highest BCUT2D eigenvalue weighted by molar-refractivity contribution is 5.92. The molecule has 4 aromatic rings. The zero-order chi connectivity index (χ0) is 18.4. The highest BCUT2D eigenvalue weighted by Crippen LogP contribution is 2.28. The Morgan fingerprint density at radius 1 is 1.15 bits per heavy atom. The van der Waals surface area contributed by atoms with Crippen molar-refractivity contribution in [3.05, 3.63) is 66.5 Å². The third-order valence-electron chi connectivity index (χ3n) is 4.80. The van der Waals surface area contributed by atoms with Gasteiger partial charge in [0.05, 0.1) is 12.6 Å². The lowest BCUT2D eigenvalue weighted by Crippen LogP contribution is -2.40. The summed E-state index contributed by atoms with van der Waals surface area (Å²) in [5.41, 5.74) is 1.41. The molecule has 8 nitrogen and oxygen atoms in total. The largest absolute Gasteiger partial charge is 0.328 e. The number of benzene rings is 1. The van der Waals surface area contributed by atoms with Crippen LogP contribution in [0.15, 0.2) is 55.0 Å². The minimum absolute atomic E-state index is 0.0677. The van der Waals surface area contributed by atoms with Crippen LogP contribution in [0.5, 0.6) is 0 Å². The molecular weight excluding hydrogens is 342 g/mol. The van der Waals surface area contributed by atoms with Gasteiger partial charge < -0.3 is 9.47 Å². The number of carbonyl (C=O) groups is 1. The average molecular weight is 359 g/mol. The van der Waals surface area contributed by atoms with E-state index in [1.165, 1.54) is 0 Å². The Morgan fingerprint density at radius 3 is 2.81 bits per heavy atom. The molecule has 0 N–H and O–H groups in total. The highest BCUT2D eigenvalue weighted by Gasteiger charge is 2.31. The standard InChI is InChI=1S/C19H17N7O/c1-13-10-25(18(27)15-11-24-9-5-8-20-19(24)21-15)12-16-22-23-17(26(13)16)14-6-3-2-4-7-14/h2-9,11,13H,10,12H2,1H3/t13-/m0/s1. The smallest absolute Gasteiger partial charge is 0.274 e. The van der Waals surface area contributed by atoms with Gasteiger partial charge in [-0.2, -0.15) is 0 Å². The molecule has 0 aliphatic carbocycles.